The number of H-pyrrole nitrogens is 1. The third kappa shape index (κ3) is 5.68. The normalized spacial score (nSPS) is 12.9. The number of anilines is 1. The SMILES string of the molecule is CCCCC(CC(=O)O)NC(=O)c1cc(NC(=O)OCC2c3ccccc3-c3ccccc32)n[nH]1. The Kier molecular flexibility index (Phi) is 7.45. The molecule has 1 aliphatic carbocycles. The van der Waals surface area contributed by atoms with Gasteiger partial charge in [-0.3, -0.25) is 20.0 Å². The van der Waals surface area contributed by atoms with Crippen molar-refractivity contribution in [2.75, 3.05) is 11.9 Å². The van der Waals surface area contributed by atoms with E-state index < -0.39 is 24.0 Å². The second-order valence-electron chi connectivity index (χ2n) is 8.53. The standard InChI is InChI=1S/C26H28N4O5/c1-2-3-8-16(13-24(31)32)27-25(33)22-14-23(30-29-22)28-26(34)35-15-21-19-11-6-4-9-17(19)18-10-5-7-12-20(18)21/h4-7,9-12,14,16,21H,2-3,8,13,15H2,1H3,(H,27,33)(H,31,32)(H2,28,29,30,34). The first-order chi connectivity index (χ1) is 17.0. The maximum atomic E-state index is 12.5. The fourth-order valence-corrected chi connectivity index (χ4v) is 4.39. The van der Waals surface area contributed by atoms with E-state index in [9.17, 15) is 14.4 Å². The van der Waals surface area contributed by atoms with Crippen molar-refractivity contribution in [3.8, 4) is 11.1 Å². The molecular formula is C26H28N4O5. The van der Waals surface area contributed by atoms with E-state index in [1.165, 1.54) is 6.07 Å². The number of nitrogens with one attached hydrogen (secondary N) is 3. The van der Waals surface area contributed by atoms with Gasteiger partial charge in [0, 0.05) is 18.0 Å². The minimum Gasteiger partial charge on any atom is -0.481 e. The van der Waals surface area contributed by atoms with E-state index >= 15 is 0 Å². The number of aliphatic carboxylic acids is 1. The Morgan fingerprint density at radius 1 is 1.09 bits per heavy atom. The monoisotopic (exact) mass is 476 g/mol. The molecule has 3 aromatic rings. The predicted octanol–water partition coefficient (Wildman–Crippen LogP) is 4.53. The van der Waals surface area contributed by atoms with Gasteiger partial charge in [-0.2, -0.15) is 5.10 Å². The number of carboxylic acid groups (broad SMARTS) is 1. The minimum absolute atomic E-state index is 0.0667. The zero-order valence-electron chi connectivity index (χ0n) is 19.4. The number of hydrogen-bond acceptors (Lipinski definition) is 5. The Hall–Kier alpha value is -4.14. The quantitative estimate of drug-likeness (QED) is 0.340. The van der Waals surface area contributed by atoms with Crippen LogP contribution in [0.4, 0.5) is 10.6 Å². The van der Waals surface area contributed by atoms with Crippen LogP contribution in [0.1, 0.15) is 60.1 Å². The highest BCUT2D eigenvalue weighted by Gasteiger charge is 2.29. The molecule has 0 fully saturated rings. The molecule has 0 aliphatic heterocycles. The fraction of sp³-hybridized carbons (Fsp3) is 0.308. The summed E-state index contributed by atoms with van der Waals surface area (Å²) in [6, 6.07) is 17.0. The van der Waals surface area contributed by atoms with Crippen molar-refractivity contribution >= 4 is 23.8 Å². The van der Waals surface area contributed by atoms with Crippen LogP contribution in [0.5, 0.6) is 0 Å². The van der Waals surface area contributed by atoms with Crippen LogP contribution in [0.25, 0.3) is 11.1 Å². The van der Waals surface area contributed by atoms with Crippen LogP contribution in [0.15, 0.2) is 54.6 Å². The summed E-state index contributed by atoms with van der Waals surface area (Å²) in [6.45, 7) is 2.15. The van der Waals surface area contributed by atoms with Crippen LogP contribution in [0.3, 0.4) is 0 Å². The van der Waals surface area contributed by atoms with E-state index in [-0.39, 0.29) is 30.5 Å². The highest BCUT2D eigenvalue weighted by Crippen LogP contribution is 2.44. The average Bonchev–Trinajstić information content (AvgIpc) is 3.43. The topological polar surface area (TPSA) is 133 Å². The number of carbonyl (C=O) groups is 3. The van der Waals surface area contributed by atoms with Crippen molar-refractivity contribution < 1.29 is 24.2 Å². The number of hydrogen-bond donors (Lipinski definition) is 4. The second kappa shape index (κ2) is 10.9. The summed E-state index contributed by atoms with van der Waals surface area (Å²) in [5.41, 5.74) is 4.62. The van der Waals surface area contributed by atoms with Gasteiger partial charge in [-0.1, -0.05) is 68.3 Å². The Morgan fingerprint density at radius 3 is 2.37 bits per heavy atom. The molecule has 4 rings (SSSR count). The predicted molar refractivity (Wildman–Crippen MR) is 130 cm³/mol. The zero-order valence-corrected chi connectivity index (χ0v) is 19.4. The first-order valence-corrected chi connectivity index (χ1v) is 11.7. The molecule has 0 radical (unpaired) electrons. The molecule has 2 amide bonds. The molecular weight excluding hydrogens is 448 g/mol. The molecule has 2 aromatic carbocycles. The number of rotatable bonds is 10. The summed E-state index contributed by atoms with van der Waals surface area (Å²) in [5.74, 6) is -1.40. The van der Waals surface area contributed by atoms with E-state index in [1.807, 2.05) is 43.3 Å². The van der Waals surface area contributed by atoms with Crippen LogP contribution in [-0.2, 0) is 9.53 Å². The number of benzene rings is 2. The van der Waals surface area contributed by atoms with E-state index in [2.05, 4.69) is 33.0 Å². The maximum absolute atomic E-state index is 12.5. The number of carbonyl (C=O) groups excluding carboxylic acids is 2. The Labute approximate surface area is 202 Å². The van der Waals surface area contributed by atoms with Crippen molar-refractivity contribution in [1.29, 1.82) is 0 Å². The van der Waals surface area contributed by atoms with Crippen molar-refractivity contribution in [1.82, 2.24) is 15.5 Å². The number of ether oxygens (including phenoxy) is 1. The zero-order chi connectivity index (χ0) is 24.8. The lowest BCUT2D eigenvalue weighted by atomic mass is 9.98. The lowest BCUT2D eigenvalue weighted by molar-refractivity contribution is -0.137. The number of aromatic amines is 1. The van der Waals surface area contributed by atoms with Gasteiger partial charge in [-0.05, 0) is 28.7 Å². The fourth-order valence-electron chi connectivity index (χ4n) is 4.39. The smallest absolute Gasteiger partial charge is 0.412 e. The van der Waals surface area contributed by atoms with Crippen LogP contribution < -0.4 is 10.6 Å². The van der Waals surface area contributed by atoms with Gasteiger partial charge in [0.05, 0.1) is 6.42 Å². The summed E-state index contributed by atoms with van der Waals surface area (Å²) < 4.78 is 5.50. The number of amides is 2. The van der Waals surface area contributed by atoms with E-state index in [1.54, 1.807) is 0 Å². The van der Waals surface area contributed by atoms with Crippen LogP contribution in [0.2, 0.25) is 0 Å². The molecule has 9 heteroatoms. The third-order valence-corrected chi connectivity index (χ3v) is 6.06. The van der Waals surface area contributed by atoms with Crippen molar-refractivity contribution in [3.63, 3.8) is 0 Å². The minimum atomic E-state index is -0.978. The van der Waals surface area contributed by atoms with Gasteiger partial charge < -0.3 is 15.2 Å². The summed E-state index contributed by atoms with van der Waals surface area (Å²) in [7, 11) is 0. The van der Waals surface area contributed by atoms with Gasteiger partial charge in [-0.25, -0.2) is 4.79 Å². The Bertz CT molecular complexity index is 1180. The molecule has 4 N–H and O–H groups in total. The first kappa shape index (κ1) is 24.0. The van der Waals surface area contributed by atoms with Crippen LogP contribution >= 0.6 is 0 Å². The molecule has 1 heterocycles. The van der Waals surface area contributed by atoms with Crippen LogP contribution in [0, 0.1) is 0 Å². The van der Waals surface area contributed by atoms with Gasteiger partial charge in [0.15, 0.2) is 5.82 Å². The largest absolute Gasteiger partial charge is 0.481 e. The van der Waals surface area contributed by atoms with E-state index in [4.69, 9.17) is 9.84 Å². The Morgan fingerprint density at radius 2 is 1.74 bits per heavy atom. The number of aromatic nitrogens is 2. The molecule has 1 unspecified atom stereocenters. The van der Waals surface area contributed by atoms with Crippen molar-refractivity contribution in [3.05, 3.63) is 71.4 Å². The molecule has 9 nitrogen and oxygen atoms in total. The number of nitrogens with zero attached hydrogens (tertiary/aromatic N) is 1. The molecule has 0 bridgehead atoms. The summed E-state index contributed by atoms with van der Waals surface area (Å²) in [4.78, 5) is 36.0. The number of unbranched alkanes of at least 4 members (excludes halogenated alkanes) is 1. The summed E-state index contributed by atoms with van der Waals surface area (Å²) in [6.07, 6.45) is 1.41. The molecule has 35 heavy (non-hydrogen) atoms. The Balaban J connectivity index is 1.34. The van der Waals surface area contributed by atoms with E-state index in [0.717, 1.165) is 35.1 Å². The second-order valence-corrected chi connectivity index (χ2v) is 8.53. The highest BCUT2D eigenvalue weighted by molar-refractivity contribution is 5.94. The third-order valence-electron chi connectivity index (χ3n) is 6.06. The highest BCUT2D eigenvalue weighted by atomic mass is 16.5. The molecule has 1 aliphatic rings. The van der Waals surface area contributed by atoms with Gasteiger partial charge in [0.1, 0.15) is 12.3 Å². The lowest BCUT2D eigenvalue weighted by Gasteiger charge is -2.15. The first-order valence-electron chi connectivity index (χ1n) is 11.7. The molecule has 0 spiro atoms. The van der Waals surface area contributed by atoms with E-state index in [0.29, 0.717) is 6.42 Å². The number of fused-ring (bicyclic) bond motifs is 3. The van der Waals surface area contributed by atoms with Gasteiger partial charge in [0.2, 0.25) is 0 Å². The summed E-state index contributed by atoms with van der Waals surface area (Å²) >= 11 is 0. The molecule has 0 saturated heterocycles. The maximum Gasteiger partial charge on any atom is 0.412 e. The van der Waals surface area contributed by atoms with Gasteiger partial charge in [0.25, 0.3) is 5.91 Å². The summed E-state index contributed by atoms with van der Waals surface area (Å²) in [5, 5.41) is 20.8. The van der Waals surface area contributed by atoms with Gasteiger partial charge >= 0.3 is 12.1 Å². The molecule has 182 valence electrons. The molecule has 1 atom stereocenters. The number of carboxylic acids is 1. The van der Waals surface area contributed by atoms with Gasteiger partial charge in [-0.15, -0.1) is 0 Å². The van der Waals surface area contributed by atoms with Crippen LogP contribution in [-0.4, -0.2) is 45.9 Å². The van der Waals surface area contributed by atoms with Crippen molar-refractivity contribution in [2.45, 2.75) is 44.6 Å². The lowest BCUT2D eigenvalue weighted by Crippen LogP contribution is -2.36. The van der Waals surface area contributed by atoms with Crippen molar-refractivity contribution in [2.24, 2.45) is 0 Å². The molecule has 1 aromatic heterocycles. The molecule has 0 saturated carbocycles. The average molecular weight is 477 g/mol.